The fourth-order valence-electron chi connectivity index (χ4n) is 0.414. The maximum Gasteiger partial charge on any atom is 0.120 e. The van der Waals surface area contributed by atoms with E-state index in [2.05, 4.69) is 34.1 Å². The summed E-state index contributed by atoms with van der Waals surface area (Å²) in [6, 6.07) is 0. The molecule has 0 radical (unpaired) electrons. The summed E-state index contributed by atoms with van der Waals surface area (Å²) in [7, 11) is 3.30. The van der Waals surface area contributed by atoms with Crippen LogP contribution in [0.3, 0.4) is 0 Å². The molecular formula is C7H17NO2S3. The van der Waals surface area contributed by atoms with Gasteiger partial charge in [0.05, 0.1) is 6.61 Å². The number of hydrogen-bond acceptors (Lipinski definition) is 6. The van der Waals surface area contributed by atoms with E-state index >= 15 is 0 Å². The van der Waals surface area contributed by atoms with Crippen molar-refractivity contribution in [1.29, 1.82) is 0 Å². The van der Waals surface area contributed by atoms with Gasteiger partial charge < -0.3 is 14.3 Å². The SMILES string of the molecule is CNCCCOS.O=CCCSS. The van der Waals surface area contributed by atoms with E-state index in [1.54, 1.807) is 0 Å². The highest BCUT2D eigenvalue weighted by molar-refractivity contribution is 8.68. The first-order valence-corrected chi connectivity index (χ1v) is 6.34. The molecule has 6 heteroatoms. The molecule has 0 saturated carbocycles. The zero-order chi connectivity index (χ0) is 10.4. The molecule has 0 bridgehead atoms. The summed E-state index contributed by atoms with van der Waals surface area (Å²) in [4.78, 5) is 9.52. The molecule has 0 atom stereocenters. The Bertz CT molecular complexity index is 91.8. The van der Waals surface area contributed by atoms with E-state index in [0.29, 0.717) is 6.42 Å². The van der Waals surface area contributed by atoms with Crippen LogP contribution in [0.15, 0.2) is 0 Å². The molecule has 0 aromatic rings. The number of rotatable bonds is 7. The highest BCUT2D eigenvalue weighted by Crippen LogP contribution is 2.03. The van der Waals surface area contributed by atoms with Gasteiger partial charge in [0.15, 0.2) is 0 Å². The van der Waals surface area contributed by atoms with Crippen molar-refractivity contribution in [2.75, 3.05) is 26.0 Å². The fraction of sp³-hybridized carbons (Fsp3) is 0.857. The standard InChI is InChI=1S/C4H11NOS.C3H6OS2/c1-5-3-2-4-6-7;4-2-1-3-6-5/h5,7H,2-4H2,1H3;2,5H,1,3H2. The van der Waals surface area contributed by atoms with Crippen LogP contribution < -0.4 is 5.32 Å². The molecule has 0 rings (SSSR count). The predicted octanol–water partition coefficient (Wildman–Crippen LogP) is 1.61. The average Bonchev–Trinajstić information content (AvgIpc) is 2.17. The first-order valence-electron chi connectivity index (χ1n) is 3.94. The van der Waals surface area contributed by atoms with Crippen molar-refractivity contribution in [3.05, 3.63) is 0 Å². The van der Waals surface area contributed by atoms with Crippen LogP contribution in [0.2, 0.25) is 0 Å². The minimum atomic E-state index is 0.619. The van der Waals surface area contributed by atoms with Gasteiger partial charge in [-0.1, -0.05) is 10.8 Å². The Morgan fingerprint density at radius 1 is 1.62 bits per heavy atom. The summed E-state index contributed by atoms with van der Waals surface area (Å²) >= 11 is 7.38. The van der Waals surface area contributed by atoms with E-state index in [0.717, 1.165) is 31.6 Å². The molecule has 13 heavy (non-hydrogen) atoms. The molecule has 0 aliphatic carbocycles. The second-order valence-electron chi connectivity index (χ2n) is 2.08. The van der Waals surface area contributed by atoms with Gasteiger partial charge in [0.25, 0.3) is 0 Å². The first kappa shape index (κ1) is 16.1. The number of carbonyl (C=O) groups is 1. The lowest BCUT2D eigenvalue weighted by Gasteiger charge is -1.93. The zero-order valence-electron chi connectivity index (χ0n) is 7.73. The van der Waals surface area contributed by atoms with Gasteiger partial charge in [-0.2, -0.15) is 0 Å². The molecule has 3 nitrogen and oxygen atoms in total. The van der Waals surface area contributed by atoms with Crippen LogP contribution in [-0.2, 0) is 8.98 Å². The molecule has 0 aliphatic rings. The summed E-state index contributed by atoms with van der Waals surface area (Å²) in [6.45, 7) is 1.73. The Balaban J connectivity index is 0. The van der Waals surface area contributed by atoms with Crippen molar-refractivity contribution < 1.29 is 8.98 Å². The molecule has 0 aromatic carbocycles. The third-order valence-corrected chi connectivity index (χ3v) is 2.14. The largest absolute Gasteiger partial charge is 0.320 e. The van der Waals surface area contributed by atoms with Crippen LogP contribution in [0.4, 0.5) is 0 Å². The topological polar surface area (TPSA) is 38.3 Å². The zero-order valence-corrected chi connectivity index (χ0v) is 10.3. The van der Waals surface area contributed by atoms with Gasteiger partial charge >= 0.3 is 0 Å². The maximum absolute atomic E-state index is 9.52. The summed E-state index contributed by atoms with van der Waals surface area (Å²) < 4.78 is 4.50. The summed E-state index contributed by atoms with van der Waals surface area (Å²) in [5.74, 6) is 0.826. The van der Waals surface area contributed by atoms with E-state index in [1.807, 2.05) is 7.05 Å². The Labute approximate surface area is 94.8 Å². The van der Waals surface area contributed by atoms with Crippen LogP contribution >= 0.6 is 35.4 Å². The van der Waals surface area contributed by atoms with E-state index in [-0.39, 0.29) is 0 Å². The van der Waals surface area contributed by atoms with Crippen molar-refractivity contribution in [3.8, 4) is 0 Å². The molecule has 1 N–H and O–H groups in total. The van der Waals surface area contributed by atoms with Crippen molar-refractivity contribution in [2.24, 2.45) is 0 Å². The molecule has 80 valence electrons. The van der Waals surface area contributed by atoms with Crippen LogP contribution in [0.5, 0.6) is 0 Å². The number of carbonyl (C=O) groups excluding carboxylic acids is 1. The molecule has 0 amide bonds. The Kier molecular flexibility index (Phi) is 22.8. The van der Waals surface area contributed by atoms with Crippen LogP contribution in [0.1, 0.15) is 12.8 Å². The Hall–Kier alpha value is 0.640. The minimum Gasteiger partial charge on any atom is -0.320 e. The molecular weight excluding hydrogens is 226 g/mol. The average molecular weight is 243 g/mol. The van der Waals surface area contributed by atoms with Gasteiger partial charge in [0.1, 0.15) is 6.29 Å². The van der Waals surface area contributed by atoms with E-state index in [4.69, 9.17) is 0 Å². The van der Waals surface area contributed by atoms with E-state index in [9.17, 15) is 4.79 Å². The lowest BCUT2D eigenvalue weighted by atomic mass is 10.5. The van der Waals surface area contributed by atoms with E-state index < -0.39 is 0 Å². The first-order chi connectivity index (χ1) is 6.33. The highest BCUT2D eigenvalue weighted by Gasteiger charge is 1.79. The van der Waals surface area contributed by atoms with Crippen LogP contribution in [0.25, 0.3) is 0 Å². The monoisotopic (exact) mass is 243 g/mol. The summed E-state index contributed by atoms with van der Waals surface area (Å²) in [5, 5.41) is 2.99. The number of thiol groups is 2. The maximum atomic E-state index is 9.52. The van der Waals surface area contributed by atoms with Crippen molar-refractivity contribution in [3.63, 3.8) is 0 Å². The smallest absolute Gasteiger partial charge is 0.120 e. The Morgan fingerprint density at radius 2 is 2.31 bits per heavy atom. The molecule has 0 unspecified atom stereocenters. The fourth-order valence-corrected chi connectivity index (χ4v) is 1.06. The lowest BCUT2D eigenvalue weighted by Crippen LogP contribution is -2.08. The summed E-state index contributed by atoms with van der Waals surface area (Å²) in [5.41, 5.74) is 0. The van der Waals surface area contributed by atoms with Gasteiger partial charge in [-0.3, -0.25) is 0 Å². The predicted molar refractivity (Wildman–Crippen MR) is 65.6 cm³/mol. The third-order valence-electron chi connectivity index (χ3n) is 0.989. The van der Waals surface area contributed by atoms with Gasteiger partial charge in [0.2, 0.25) is 0 Å². The quantitative estimate of drug-likeness (QED) is 0.209. The Morgan fingerprint density at radius 3 is 2.62 bits per heavy atom. The third kappa shape index (κ3) is 24.5. The van der Waals surface area contributed by atoms with E-state index in [1.165, 1.54) is 10.8 Å². The molecule has 0 aliphatic heterocycles. The highest BCUT2D eigenvalue weighted by atomic mass is 33.1. The molecule has 0 aromatic heterocycles. The normalized spacial score (nSPS) is 8.85. The molecule has 0 fully saturated rings. The van der Waals surface area contributed by atoms with Crippen LogP contribution in [0, 0.1) is 0 Å². The lowest BCUT2D eigenvalue weighted by molar-refractivity contribution is -0.107. The number of aldehydes is 1. The molecule has 0 heterocycles. The van der Waals surface area contributed by atoms with Crippen molar-refractivity contribution in [1.82, 2.24) is 5.32 Å². The van der Waals surface area contributed by atoms with Gasteiger partial charge in [-0.15, -0.1) is 11.7 Å². The van der Waals surface area contributed by atoms with Gasteiger partial charge in [-0.25, -0.2) is 0 Å². The molecule has 0 spiro atoms. The van der Waals surface area contributed by atoms with Crippen molar-refractivity contribution >= 4 is 41.7 Å². The van der Waals surface area contributed by atoms with Gasteiger partial charge in [-0.05, 0) is 32.9 Å². The summed E-state index contributed by atoms with van der Waals surface area (Å²) in [6.07, 6.45) is 2.54. The second-order valence-corrected chi connectivity index (χ2v) is 3.78. The van der Waals surface area contributed by atoms with Gasteiger partial charge in [0, 0.05) is 12.2 Å². The second kappa shape index (κ2) is 18.4. The van der Waals surface area contributed by atoms with Crippen LogP contribution in [-0.4, -0.2) is 32.2 Å². The molecule has 0 saturated heterocycles. The number of nitrogens with one attached hydrogen (secondary N) is 1. The van der Waals surface area contributed by atoms with Crippen molar-refractivity contribution in [2.45, 2.75) is 12.8 Å². The minimum absolute atomic E-state index is 0.619. The number of hydrogen-bond donors (Lipinski definition) is 3.